The molecule has 76 valence electrons. The van der Waals surface area contributed by atoms with E-state index in [9.17, 15) is 0 Å². The lowest BCUT2D eigenvalue weighted by atomic mass is 9.82. The van der Waals surface area contributed by atoms with Crippen molar-refractivity contribution < 1.29 is 0 Å². The van der Waals surface area contributed by atoms with Crippen LogP contribution in [0.2, 0.25) is 0 Å². The van der Waals surface area contributed by atoms with Crippen LogP contribution in [0.1, 0.15) is 71.6 Å². The van der Waals surface area contributed by atoms with Crippen LogP contribution in [0.25, 0.3) is 0 Å². The Hall–Kier alpha value is -0.260. The molecule has 0 heterocycles. The zero-order chi connectivity index (χ0) is 9.52. The lowest BCUT2D eigenvalue weighted by Crippen LogP contribution is -2.04. The van der Waals surface area contributed by atoms with Crippen molar-refractivity contribution in [2.45, 2.75) is 71.6 Å². The third-order valence-electron chi connectivity index (χ3n) is 3.14. The topological polar surface area (TPSA) is 0 Å². The van der Waals surface area contributed by atoms with Gasteiger partial charge in [0.1, 0.15) is 0 Å². The summed E-state index contributed by atoms with van der Waals surface area (Å²) in [7, 11) is 0. The van der Waals surface area contributed by atoms with Gasteiger partial charge in [-0.2, -0.15) is 0 Å². The molecule has 0 atom stereocenters. The molecule has 0 N–H and O–H groups in total. The number of hydrogen-bond donors (Lipinski definition) is 0. The second-order valence-corrected chi connectivity index (χ2v) is 4.27. The highest BCUT2D eigenvalue weighted by molar-refractivity contribution is 5.24. The highest BCUT2D eigenvalue weighted by Gasteiger charge is 2.15. The van der Waals surface area contributed by atoms with E-state index >= 15 is 0 Å². The first-order valence-corrected chi connectivity index (χ1v) is 6.08. The quantitative estimate of drug-likeness (QED) is 0.388. The van der Waals surface area contributed by atoms with Crippen LogP contribution >= 0.6 is 0 Å². The van der Waals surface area contributed by atoms with Gasteiger partial charge in [-0.15, -0.1) is 0 Å². The van der Waals surface area contributed by atoms with Gasteiger partial charge in [0.2, 0.25) is 0 Å². The summed E-state index contributed by atoms with van der Waals surface area (Å²) >= 11 is 0. The van der Waals surface area contributed by atoms with Crippen molar-refractivity contribution in [1.82, 2.24) is 0 Å². The summed E-state index contributed by atoms with van der Waals surface area (Å²) in [5.74, 6) is 0. The summed E-state index contributed by atoms with van der Waals surface area (Å²) < 4.78 is 0. The van der Waals surface area contributed by atoms with E-state index in [1.807, 2.05) is 11.1 Å². The van der Waals surface area contributed by atoms with Crippen LogP contribution in [-0.4, -0.2) is 0 Å². The summed E-state index contributed by atoms with van der Waals surface area (Å²) in [5, 5.41) is 0. The lowest BCUT2D eigenvalue weighted by Gasteiger charge is -2.24. The predicted molar refractivity (Wildman–Crippen MR) is 59.9 cm³/mol. The van der Waals surface area contributed by atoms with E-state index in [1.54, 1.807) is 0 Å². The standard InChI is InChI=1S/C13H24/c1-3-5-7-9-13-11-10-12(13)8-6-4-2/h3-11H2,1-2H3. The van der Waals surface area contributed by atoms with Gasteiger partial charge in [-0.1, -0.05) is 44.3 Å². The average molecular weight is 180 g/mol. The molecular formula is C13H24. The van der Waals surface area contributed by atoms with Crippen molar-refractivity contribution >= 4 is 0 Å². The van der Waals surface area contributed by atoms with Gasteiger partial charge in [0.25, 0.3) is 0 Å². The first kappa shape index (κ1) is 10.8. The fraction of sp³-hybridized carbons (Fsp3) is 0.846. The van der Waals surface area contributed by atoms with E-state index in [0.717, 1.165) is 0 Å². The zero-order valence-corrected chi connectivity index (χ0v) is 9.36. The number of allylic oxidation sites excluding steroid dienone is 2. The molecule has 13 heavy (non-hydrogen) atoms. The molecule has 0 saturated heterocycles. The third kappa shape index (κ3) is 3.54. The average Bonchev–Trinajstić information content (AvgIpc) is 2.11. The summed E-state index contributed by atoms with van der Waals surface area (Å²) in [4.78, 5) is 0. The fourth-order valence-electron chi connectivity index (χ4n) is 2.06. The van der Waals surface area contributed by atoms with Crippen molar-refractivity contribution in [1.29, 1.82) is 0 Å². The summed E-state index contributed by atoms with van der Waals surface area (Å²) in [6, 6.07) is 0. The highest BCUT2D eigenvalue weighted by Crippen LogP contribution is 2.34. The molecular weight excluding hydrogens is 156 g/mol. The van der Waals surface area contributed by atoms with Gasteiger partial charge in [0.15, 0.2) is 0 Å². The first-order valence-electron chi connectivity index (χ1n) is 6.08. The Balaban J connectivity index is 2.16. The van der Waals surface area contributed by atoms with E-state index in [1.165, 1.54) is 57.8 Å². The van der Waals surface area contributed by atoms with Crippen LogP contribution in [0, 0.1) is 0 Å². The largest absolute Gasteiger partial charge is 0.0707 e. The van der Waals surface area contributed by atoms with Crippen LogP contribution in [-0.2, 0) is 0 Å². The molecule has 0 saturated carbocycles. The second-order valence-electron chi connectivity index (χ2n) is 4.27. The zero-order valence-electron chi connectivity index (χ0n) is 9.36. The lowest BCUT2D eigenvalue weighted by molar-refractivity contribution is 0.620. The van der Waals surface area contributed by atoms with Crippen molar-refractivity contribution in [3.05, 3.63) is 11.1 Å². The Labute approximate surface area is 83.4 Å². The molecule has 0 heteroatoms. The fourth-order valence-corrected chi connectivity index (χ4v) is 2.06. The molecule has 0 fully saturated rings. The van der Waals surface area contributed by atoms with Gasteiger partial charge in [0, 0.05) is 0 Å². The Bertz CT molecular complexity index is 165. The smallest absolute Gasteiger partial charge is 0.0280 e. The van der Waals surface area contributed by atoms with E-state index in [-0.39, 0.29) is 0 Å². The Morgan fingerprint density at radius 3 is 1.77 bits per heavy atom. The van der Waals surface area contributed by atoms with E-state index in [2.05, 4.69) is 13.8 Å². The first-order chi connectivity index (χ1) is 6.38. The molecule has 0 aromatic rings. The maximum absolute atomic E-state index is 2.29. The molecule has 0 aromatic heterocycles. The molecule has 0 amide bonds. The van der Waals surface area contributed by atoms with Crippen LogP contribution in [0.4, 0.5) is 0 Å². The highest BCUT2D eigenvalue weighted by atomic mass is 14.2. The van der Waals surface area contributed by atoms with Crippen molar-refractivity contribution in [3.63, 3.8) is 0 Å². The van der Waals surface area contributed by atoms with Crippen LogP contribution < -0.4 is 0 Å². The molecule has 1 rings (SSSR count). The Kier molecular flexibility index (Phi) is 5.19. The molecule has 1 aliphatic carbocycles. The Morgan fingerprint density at radius 1 is 0.769 bits per heavy atom. The van der Waals surface area contributed by atoms with Crippen LogP contribution in [0.3, 0.4) is 0 Å². The molecule has 0 spiro atoms. The van der Waals surface area contributed by atoms with Crippen molar-refractivity contribution in [2.24, 2.45) is 0 Å². The van der Waals surface area contributed by atoms with Gasteiger partial charge < -0.3 is 0 Å². The monoisotopic (exact) mass is 180 g/mol. The minimum absolute atomic E-state index is 1.35. The van der Waals surface area contributed by atoms with Gasteiger partial charge in [0.05, 0.1) is 0 Å². The van der Waals surface area contributed by atoms with Crippen LogP contribution in [0.5, 0.6) is 0 Å². The molecule has 0 aromatic carbocycles. The van der Waals surface area contributed by atoms with Gasteiger partial charge in [-0.05, 0) is 38.5 Å². The van der Waals surface area contributed by atoms with Gasteiger partial charge >= 0.3 is 0 Å². The van der Waals surface area contributed by atoms with Crippen molar-refractivity contribution in [2.75, 3.05) is 0 Å². The minimum atomic E-state index is 1.35. The third-order valence-corrected chi connectivity index (χ3v) is 3.14. The number of unbranched alkanes of at least 4 members (excludes halogenated alkanes) is 3. The minimum Gasteiger partial charge on any atom is -0.0707 e. The van der Waals surface area contributed by atoms with Gasteiger partial charge in [-0.3, -0.25) is 0 Å². The van der Waals surface area contributed by atoms with Crippen molar-refractivity contribution in [3.8, 4) is 0 Å². The number of rotatable bonds is 7. The molecule has 0 bridgehead atoms. The molecule has 0 radical (unpaired) electrons. The number of hydrogen-bond acceptors (Lipinski definition) is 0. The summed E-state index contributed by atoms with van der Waals surface area (Å²) in [6.45, 7) is 4.57. The molecule has 0 aliphatic heterocycles. The molecule has 0 nitrogen and oxygen atoms in total. The SMILES string of the molecule is CCCCCC1=C(CCCC)CC1. The maximum atomic E-state index is 2.29. The second kappa shape index (κ2) is 6.23. The van der Waals surface area contributed by atoms with E-state index in [4.69, 9.17) is 0 Å². The predicted octanol–water partition coefficient (Wildman–Crippen LogP) is 4.85. The van der Waals surface area contributed by atoms with E-state index in [0.29, 0.717) is 0 Å². The Morgan fingerprint density at radius 2 is 1.31 bits per heavy atom. The molecule has 1 aliphatic rings. The normalized spacial score (nSPS) is 16.2. The van der Waals surface area contributed by atoms with Crippen LogP contribution in [0.15, 0.2) is 11.1 Å². The molecule has 0 unspecified atom stereocenters. The summed E-state index contributed by atoms with van der Waals surface area (Å²) in [5.41, 5.74) is 3.64. The maximum Gasteiger partial charge on any atom is -0.0280 e. The van der Waals surface area contributed by atoms with Gasteiger partial charge in [-0.25, -0.2) is 0 Å². The summed E-state index contributed by atoms with van der Waals surface area (Å²) in [6.07, 6.45) is 12.6. The van der Waals surface area contributed by atoms with E-state index < -0.39 is 0 Å².